The molecule has 0 heterocycles. The predicted molar refractivity (Wildman–Crippen MR) is 130 cm³/mol. The zero-order chi connectivity index (χ0) is 23.1. The number of oxime groups is 1. The van der Waals surface area contributed by atoms with Crippen molar-refractivity contribution in [2.45, 2.75) is 72.3 Å². The molecule has 0 fully saturated rings. The Morgan fingerprint density at radius 1 is 1.03 bits per heavy atom. The molecule has 0 saturated carbocycles. The van der Waals surface area contributed by atoms with Crippen molar-refractivity contribution in [3.8, 4) is 11.5 Å². The fourth-order valence-corrected chi connectivity index (χ4v) is 2.83. The molecule has 0 unspecified atom stereocenters. The molecular formula is C24H37Cl2NO4. The molecule has 1 rings (SSSR count). The predicted octanol–water partition coefficient (Wildman–Crippen LogP) is 7.01. The lowest BCUT2D eigenvalue weighted by molar-refractivity contribution is 0.00128. The summed E-state index contributed by atoms with van der Waals surface area (Å²) < 4.78 is 17.6. The van der Waals surface area contributed by atoms with Gasteiger partial charge in [0.15, 0.2) is 0 Å². The van der Waals surface area contributed by atoms with E-state index in [2.05, 4.69) is 12.1 Å². The van der Waals surface area contributed by atoms with Crippen LogP contribution >= 0.6 is 23.2 Å². The summed E-state index contributed by atoms with van der Waals surface area (Å²) in [7, 11) is 0. The summed E-state index contributed by atoms with van der Waals surface area (Å²) in [5, 5.41) is 3.94. The van der Waals surface area contributed by atoms with Crippen LogP contribution in [0.25, 0.3) is 0 Å². The second-order valence-corrected chi connectivity index (χ2v) is 9.20. The lowest BCUT2D eigenvalue weighted by atomic mass is 10.1. The second-order valence-electron chi connectivity index (χ2n) is 8.19. The Kier molecular flexibility index (Phi) is 13.7. The number of nitrogens with zero attached hydrogens (tertiary/aromatic N) is 1. The molecule has 1 aromatic rings. The Hall–Kier alpha value is -1.43. The standard InChI is InChI=1S/C24H37Cl2NO4/c1-6-20-18-21(29-16-11-22(25)26)17-19(2)23(20)30-15-9-7-8-13-28-14-10-12-27-31-24(3,4)5/h11-12,17-18H,6-10,13-16H2,1-5H3/b27-12+. The van der Waals surface area contributed by atoms with Gasteiger partial charge in [-0.25, -0.2) is 0 Å². The number of aryl methyl sites for hydroxylation is 2. The average molecular weight is 474 g/mol. The molecule has 1 aromatic carbocycles. The molecule has 0 aromatic heterocycles. The highest BCUT2D eigenvalue weighted by Crippen LogP contribution is 2.30. The van der Waals surface area contributed by atoms with E-state index in [0.29, 0.717) is 19.8 Å². The number of hydrogen-bond donors (Lipinski definition) is 0. The van der Waals surface area contributed by atoms with Gasteiger partial charge in [0.05, 0.1) is 13.2 Å². The van der Waals surface area contributed by atoms with Gasteiger partial charge in [0.25, 0.3) is 0 Å². The SMILES string of the molecule is CCc1cc(OCC=C(Cl)Cl)cc(C)c1OCCCCCOCC/C=N/OC(C)(C)C. The zero-order valence-electron chi connectivity index (χ0n) is 19.5. The van der Waals surface area contributed by atoms with Gasteiger partial charge in [0, 0.05) is 19.2 Å². The van der Waals surface area contributed by atoms with E-state index >= 15 is 0 Å². The van der Waals surface area contributed by atoms with E-state index < -0.39 is 0 Å². The minimum absolute atomic E-state index is 0.206. The van der Waals surface area contributed by atoms with E-state index in [0.717, 1.165) is 61.3 Å². The van der Waals surface area contributed by atoms with Crippen LogP contribution in [0.3, 0.4) is 0 Å². The van der Waals surface area contributed by atoms with Crippen LogP contribution in [0.4, 0.5) is 0 Å². The maximum Gasteiger partial charge on any atom is 0.129 e. The molecular weight excluding hydrogens is 437 g/mol. The molecule has 0 saturated heterocycles. The van der Waals surface area contributed by atoms with Gasteiger partial charge in [-0.2, -0.15) is 0 Å². The van der Waals surface area contributed by atoms with Crippen LogP contribution in [-0.2, 0) is 16.0 Å². The molecule has 31 heavy (non-hydrogen) atoms. The number of hydrogen-bond acceptors (Lipinski definition) is 5. The largest absolute Gasteiger partial charge is 0.493 e. The Morgan fingerprint density at radius 3 is 2.45 bits per heavy atom. The van der Waals surface area contributed by atoms with Crippen LogP contribution in [0, 0.1) is 6.92 Å². The summed E-state index contributed by atoms with van der Waals surface area (Å²) in [5.41, 5.74) is 1.95. The Morgan fingerprint density at radius 2 is 1.77 bits per heavy atom. The molecule has 0 N–H and O–H groups in total. The van der Waals surface area contributed by atoms with Crippen molar-refractivity contribution >= 4 is 29.4 Å². The van der Waals surface area contributed by atoms with E-state index in [1.807, 2.05) is 39.8 Å². The zero-order valence-corrected chi connectivity index (χ0v) is 21.0. The molecule has 0 amide bonds. The van der Waals surface area contributed by atoms with Crippen LogP contribution in [0.5, 0.6) is 11.5 Å². The summed E-state index contributed by atoms with van der Waals surface area (Å²) in [6.45, 7) is 12.5. The average Bonchev–Trinajstić information content (AvgIpc) is 2.68. The first-order valence-electron chi connectivity index (χ1n) is 10.9. The lowest BCUT2D eigenvalue weighted by Gasteiger charge is -2.15. The highest BCUT2D eigenvalue weighted by Gasteiger charge is 2.10. The van der Waals surface area contributed by atoms with Gasteiger partial charge in [0.2, 0.25) is 0 Å². The molecule has 0 radical (unpaired) electrons. The summed E-state index contributed by atoms with van der Waals surface area (Å²) in [6, 6.07) is 4.00. The third-order valence-electron chi connectivity index (χ3n) is 4.17. The summed E-state index contributed by atoms with van der Waals surface area (Å²) >= 11 is 11.2. The number of unbranched alkanes of at least 4 members (excludes halogenated alkanes) is 2. The molecule has 0 atom stereocenters. The topological polar surface area (TPSA) is 49.3 Å². The molecule has 176 valence electrons. The van der Waals surface area contributed by atoms with Gasteiger partial charge in [-0.3, -0.25) is 0 Å². The Labute approximate surface area is 197 Å². The van der Waals surface area contributed by atoms with Crippen molar-refractivity contribution < 1.29 is 19.0 Å². The lowest BCUT2D eigenvalue weighted by Crippen LogP contribution is -2.15. The number of benzene rings is 1. The van der Waals surface area contributed by atoms with Gasteiger partial charge in [-0.1, -0.05) is 35.3 Å². The van der Waals surface area contributed by atoms with Gasteiger partial charge in [-0.05, 0) is 82.7 Å². The minimum atomic E-state index is -0.248. The van der Waals surface area contributed by atoms with Crippen LogP contribution in [0.15, 0.2) is 27.9 Å². The molecule has 0 aliphatic heterocycles. The Balaban J connectivity index is 2.23. The number of ether oxygens (including phenoxy) is 3. The fourth-order valence-electron chi connectivity index (χ4n) is 2.71. The van der Waals surface area contributed by atoms with Crippen LogP contribution < -0.4 is 9.47 Å². The molecule has 5 nitrogen and oxygen atoms in total. The number of rotatable bonds is 15. The smallest absolute Gasteiger partial charge is 0.129 e. The summed E-state index contributed by atoms with van der Waals surface area (Å²) in [6.07, 6.45) is 8.07. The summed E-state index contributed by atoms with van der Waals surface area (Å²) in [4.78, 5) is 5.28. The quantitative estimate of drug-likeness (QED) is 0.156. The van der Waals surface area contributed by atoms with Crippen molar-refractivity contribution in [2.24, 2.45) is 5.16 Å². The molecule has 0 aliphatic rings. The van der Waals surface area contributed by atoms with Gasteiger partial charge >= 0.3 is 0 Å². The minimum Gasteiger partial charge on any atom is -0.493 e. The van der Waals surface area contributed by atoms with Gasteiger partial charge in [0.1, 0.15) is 28.2 Å². The molecule has 0 bridgehead atoms. The normalized spacial score (nSPS) is 11.6. The highest BCUT2D eigenvalue weighted by atomic mass is 35.5. The van der Waals surface area contributed by atoms with E-state index in [4.69, 9.17) is 42.3 Å². The first-order chi connectivity index (χ1) is 14.7. The highest BCUT2D eigenvalue weighted by molar-refractivity contribution is 6.55. The maximum absolute atomic E-state index is 6.07. The second kappa shape index (κ2) is 15.4. The third kappa shape index (κ3) is 13.6. The van der Waals surface area contributed by atoms with Gasteiger partial charge < -0.3 is 19.0 Å². The van der Waals surface area contributed by atoms with Crippen molar-refractivity contribution in [3.63, 3.8) is 0 Å². The third-order valence-corrected chi connectivity index (χ3v) is 4.47. The molecule has 0 spiro atoms. The van der Waals surface area contributed by atoms with Crippen LogP contribution in [0.2, 0.25) is 0 Å². The number of halogens is 2. The van der Waals surface area contributed by atoms with Crippen molar-refractivity contribution in [1.29, 1.82) is 0 Å². The summed E-state index contributed by atoms with van der Waals surface area (Å²) in [5.74, 6) is 1.74. The molecule has 0 aliphatic carbocycles. The van der Waals surface area contributed by atoms with Crippen molar-refractivity contribution in [3.05, 3.63) is 33.8 Å². The van der Waals surface area contributed by atoms with E-state index in [9.17, 15) is 0 Å². The first kappa shape index (κ1) is 27.6. The van der Waals surface area contributed by atoms with Crippen LogP contribution in [0.1, 0.15) is 64.5 Å². The monoisotopic (exact) mass is 473 g/mol. The first-order valence-corrected chi connectivity index (χ1v) is 11.7. The van der Waals surface area contributed by atoms with E-state index in [-0.39, 0.29) is 10.1 Å². The van der Waals surface area contributed by atoms with Crippen molar-refractivity contribution in [2.75, 3.05) is 26.4 Å². The Bertz CT molecular complexity index is 696. The molecule has 7 heteroatoms. The van der Waals surface area contributed by atoms with E-state index in [1.54, 1.807) is 12.3 Å². The van der Waals surface area contributed by atoms with E-state index in [1.165, 1.54) is 0 Å². The van der Waals surface area contributed by atoms with Crippen LogP contribution in [-0.4, -0.2) is 38.2 Å². The van der Waals surface area contributed by atoms with Crippen molar-refractivity contribution in [1.82, 2.24) is 0 Å². The fraction of sp³-hybridized carbons (Fsp3) is 0.625. The van der Waals surface area contributed by atoms with Gasteiger partial charge in [-0.15, -0.1) is 0 Å². The maximum atomic E-state index is 6.07.